The first-order valence-corrected chi connectivity index (χ1v) is 7.61. The van der Waals surface area contributed by atoms with Gasteiger partial charge in [0.1, 0.15) is 6.61 Å². The molecule has 0 aliphatic carbocycles. The second-order valence-corrected chi connectivity index (χ2v) is 6.30. The lowest BCUT2D eigenvalue weighted by molar-refractivity contribution is 0.279. The van der Waals surface area contributed by atoms with Gasteiger partial charge in [0.15, 0.2) is 0 Å². The summed E-state index contributed by atoms with van der Waals surface area (Å²) in [4.78, 5) is 4.73. The maximum atomic E-state index is 5.84. The first kappa shape index (κ1) is 14.6. The van der Waals surface area contributed by atoms with Crippen molar-refractivity contribution in [2.45, 2.75) is 26.3 Å². The van der Waals surface area contributed by atoms with Crippen molar-refractivity contribution in [3.05, 3.63) is 70.8 Å². The van der Waals surface area contributed by atoms with E-state index in [0.29, 0.717) is 6.61 Å². The van der Waals surface area contributed by atoms with Crippen molar-refractivity contribution in [3.8, 4) is 0 Å². The van der Waals surface area contributed by atoms with Crippen molar-refractivity contribution < 1.29 is 4.74 Å². The minimum Gasteiger partial charge on any atom is -0.475 e. The van der Waals surface area contributed by atoms with Crippen molar-refractivity contribution in [2.75, 3.05) is 6.61 Å². The van der Waals surface area contributed by atoms with Gasteiger partial charge in [-0.25, -0.2) is 4.99 Å². The summed E-state index contributed by atoms with van der Waals surface area (Å²) < 4.78 is 5.84. The fraction of sp³-hybridized carbons (Fsp3) is 0.250. The minimum absolute atomic E-state index is 0.141. The van der Waals surface area contributed by atoms with E-state index in [1.54, 1.807) is 0 Å². The highest BCUT2D eigenvalue weighted by atomic mass is 16.5. The quantitative estimate of drug-likeness (QED) is 0.750. The van der Waals surface area contributed by atoms with Gasteiger partial charge in [0.2, 0.25) is 5.90 Å². The van der Waals surface area contributed by atoms with Crippen LogP contribution in [0.15, 0.2) is 53.5 Å². The first-order chi connectivity index (χ1) is 10.6. The number of aryl methyl sites for hydroxylation is 1. The van der Waals surface area contributed by atoms with Crippen molar-refractivity contribution in [1.29, 1.82) is 0 Å². The SMILES string of the molecule is Cc1cccc(/C=C/c2ccccc2)c1C1=NC(C)(C)CO1. The average Bonchev–Trinajstić information content (AvgIpc) is 2.86. The lowest BCUT2D eigenvalue weighted by Gasteiger charge is -2.09. The van der Waals surface area contributed by atoms with E-state index in [1.807, 2.05) is 18.2 Å². The van der Waals surface area contributed by atoms with E-state index in [4.69, 9.17) is 9.73 Å². The Hall–Kier alpha value is -2.35. The smallest absolute Gasteiger partial charge is 0.217 e. The van der Waals surface area contributed by atoms with Gasteiger partial charge in [-0.1, -0.05) is 60.7 Å². The summed E-state index contributed by atoms with van der Waals surface area (Å²) in [6.07, 6.45) is 4.26. The molecule has 0 amide bonds. The predicted molar refractivity (Wildman–Crippen MR) is 93.1 cm³/mol. The second kappa shape index (κ2) is 5.80. The molecule has 2 aromatic carbocycles. The summed E-state index contributed by atoms with van der Waals surface area (Å²) >= 11 is 0. The van der Waals surface area contributed by atoms with E-state index in [0.717, 1.165) is 17.0 Å². The van der Waals surface area contributed by atoms with E-state index in [-0.39, 0.29) is 5.54 Å². The fourth-order valence-electron chi connectivity index (χ4n) is 2.58. The standard InChI is InChI=1S/C20H21NO/c1-15-8-7-11-17(13-12-16-9-5-4-6-10-16)18(15)19-21-20(2,3)14-22-19/h4-13H,14H2,1-3H3/b13-12+. The molecule has 2 heteroatoms. The van der Waals surface area contributed by atoms with Crippen LogP contribution in [0.3, 0.4) is 0 Å². The van der Waals surface area contributed by atoms with Crippen LogP contribution in [0.5, 0.6) is 0 Å². The van der Waals surface area contributed by atoms with Crippen LogP contribution in [0.4, 0.5) is 0 Å². The van der Waals surface area contributed by atoms with Gasteiger partial charge >= 0.3 is 0 Å². The zero-order chi connectivity index (χ0) is 15.6. The molecule has 112 valence electrons. The van der Waals surface area contributed by atoms with Crippen LogP contribution in [0.25, 0.3) is 12.2 Å². The zero-order valence-electron chi connectivity index (χ0n) is 13.3. The molecular weight excluding hydrogens is 270 g/mol. The van der Waals surface area contributed by atoms with E-state index in [9.17, 15) is 0 Å². The third-order valence-electron chi connectivity index (χ3n) is 3.74. The molecule has 1 heterocycles. The van der Waals surface area contributed by atoms with Gasteiger partial charge in [0, 0.05) is 5.56 Å². The summed E-state index contributed by atoms with van der Waals surface area (Å²) in [6.45, 7) is 6.93. The molecule has 0 bridgehead atoms. The van der Waals surface area contributed by atoms with Crippen LogP contribution in [-0.4, -0.2) is 18.0 Å². The lowest BCUT2D eigenvalue weighted by atomic mass is 10.0. The van der Waals surface area contributed by atoms with Gasteiger partial charge in [0.25, 0.3) is 0 Å². The molecule has 0 N–H and O–H groups in total. The third-order valence-corrected chi connectivity index (χ3v) is 3.74. The van der Waals surface area contributed by atoms with E-state index >= 15 is 0 Å². The lowest BCUT2D eigenvalue weighted by Crippen LogP contribution is -2.17. The Morgan fingerprint density at radius 1 is 1.00 bits per heavy atom. The molecule has 2 aromatic rings. The van der Waals surface area contributed by atoms with Crippen LogP contribution < -0.4 is 0 Å². The van der Waals surface area contributed by atoms with Crippen LogP contribution in [0.2, 0.25) is 0 Å². The summed E-state index contributed by atoms with van der Waals surface area (Å²) in [5.74, 6) is 0.760. The molecule has 0 aromatic heterocycles. The van der Waals surface area contributed by atoms with E-state index in [1.165, 1.54) is 11.1 Å². The van der Waals surface area contributed by atoms with E-state index in [2.05, 4.69) is 63.3 Å². The average molecular weight is 291 g/mol. The molecule has 0 spiro atoms. The third kappa shape index (κ3) is 3.11. The van der Waals surface area contributed by atoms with Crippen LogP contribution in [0, 0.1) is 6.92 Å². The predicted octanol–water partition coefficient (Wildman–Crippen LogP) is 4.72. The largest absolute Gasteiger partial charge is 0.475 e. The Bertz CT molecular complexity index is 727. The molecule has 1 aliphatic heterocycles. The molecule has 22 heavy (non-hydrogen) atoms. The van der Waals surface area contributed by atoms with Gasteiger partial charge in [0.05, 0.1) is 5.54 Å². The Morgan fingerprint density at radius 2 is 1.77 bits per heavy atom. The molecule has 1 aliphatic rings. The topological polar surface area (TPSA) is 21.6 Å². The Morgan fingerprint density at radius 3 is 2.45 bits per heavy atom. The number of hydrogen-bond donors (Lipinski definition) is 0. The monoisotopic (exact) mass is 291 g/mol. The first-order valence-electron chi connectivity index (χ1n) is 7.61. The fourth-order valence-corrected chi connectivity index (χ4v) is 2.58. The second-order valence-electron chi connectivity index (χ2n) is 6.30. The van der Waals surface area contributed by atoms with Gasteiger partial charge in [-0.15, -0.1) is 0 Å². The molecule has 3 rings (SSSR count). The maximum absolute atomic E-state index is 5.84. The Balaban J connectivity index is 1.99. The summed E-state index contributed by atoms with van der Waals surface area (Å²) in [7, 11) is 0. The van der Waals surface area contributed by atoms with Crippen molar-refractivity contribution >= 4 is 18.0 Å². The number of hydrogen-bond acceptors (Lipinski definition) is 2. The Kier molecular flexibility index (Phi) is 3.84. The molecule has 0 saturated heterocycles. The van der Waals surface area contributed by atoms with Gasteiger partial charge in [-0.05, 0) is 37.5 Å². The van der Waals surface area contributed by atoms with Crippen molar-refractivity contribution in [3.63, 3.8) is 0 Å². The van der Waals surface area contributed by atoms with Crippen molar-refractivity contribution in [1.82, 2.24) is 0 Å². The Labute approximate surface area is 132 Å². The number of rotatable bonds is 3. The highest BCUT2D eigenvalue weighted by Gasteiger charge is 2.28. The molecule has 0 saturated carbocycles. The number of nitrogens with zero attached hydrogens (tertiary/aromatic N) is 1. The van der Waals surface area contributed by atoms with Gasteiger partial charge in [-0.3, -0.25) is 0 Å². The molecular formula is C20H21NO. The summed E-state index contributed by atoms with van der Waals surface area (Å²) in [5, 5.41) is 0. The number of ether oxygens (including phenoxy) is 1. The van der Waals surface area contributed by atoms with Gasteiger partial charge < -0.3 is 4.74 Å². The highest BCUT2D eigenvalue weighted by molar-refractivity contribution is 6.01. The molecule has 0 unspecified atom stereocenters. The van der Waals surface area contributed by atoms with Crippen LogP contribution in [0.1, 0.15) is 36.1 Å². The molecule has 0 fully saturated rings. The molecule has 0 radical (unpaired) electrons. The number of benzene rings is 2. The maximum Gasteiger partial charge on any atom is 0.217 e. The van der Waals surface area contributed by atoms with E-state index < -0.39 is 0 Å². The van der Waals surface area contributed by atoms with Crippen LogP contribution in [-0.2, 0) is 4.74 Å². The van der Waals surface area contributed by atoms with Crippen molar-refractivity contribution in [2.24, 2.45) is 4.99 Å². The highest BCUT2D eigenvalue weighted by Crippen LogP contribution is 2.25. The zero-order valence-corrected chi connectivity index (χ0v) is 13.3. The molecule has 0 atom stereocenters. The number of aliphatic imine (C=N–C) groups is 1. The normalized spacial score (nSPS) is 16.6. The minimum atomic E-state index is -0.141. The molecule has 2 nitrogen and oxygen atoms in total. The van der Waals surface area contributed by atoms with Gasteiger partial charge in [-0.2, -0.15) is 0 Å². The van der Waals surface area contributed by atoms with Crippen LogP contribution >= 0.6 is 0 Å². The summed E-state index contributed by atoms with van der Waals surface area (Å²) in [6, 6.07) is 16.6. The summed E-state index contributed by atoms with van der Waals surface area (Å²) in [5.41, 5.74) is 4.47.